The van der Waals surface area contributed by atoms with Crippen molar-refractivity contribution in [3.05, 3.63) is 30.2 Å². The van der Waals surface area contributed by atoms with E-state index < -0.39 is 0 Å². The summed E-state index contributed by atoms with van der Waals surface area (Å²) in [5.74, 6) is 1.74. The Kier molecular flexibility index (Phi) is 5.09. The first kappa shape index (κ1) is 14.5. The Morgan fingerprint density at radius 1 is 1.35 bits per heavy atom. The smallest absolute Gasteiger partial charge is 0.228 e. The van der Waals surface area contributed by atoms with E-state index in [-0.39, 0.29) is 6.04 Å². The lowest BCUT2D eigenvalue weighted by molar-refractivity contribution is 0.176. The molecule has 0 fully saturated rings. The maximum atomic E-state index is 5.86. The Morgan fingerprint density at radius 2 is 2.15 bits per heavy atom. The van der Waals surface area contributed by atoms with Crippen molar-refractivity contribution in [1.29, 1.82) is 0 Å². The van der Waals surface area contributed by atoms with Gasteiger partial charge in [0.25, 0.3) is 0 Å². The van der Waals surface area contributed by atoms with Crippen LogP contribution in [0, 0.1) is 0 Å². The maximum absolute atomic E-state index is 5.86. The predicted octanol–water partition coefficient (Wildman–Crippen LogP) is 1.65. The van der Waals surface area contributed by atoms with Crippen LogP contribution in [-0.2, 0) is 11.2 Å². The monoisotopic (exact) mass is 277 g/mol. The predicted molar refractivity (Wildman–Crippen MR) is 74.5 cm³/mol. The zero-order valence-corrected chi connectivity index (χ0v) is 11.7. The molecule has 1 aromatic carbocycles. The van der Waals surface area contributed by atoms with Crippen LogP contribution < -0.4 is 10.5 Å². The summed E-state index contributed by atoms with van der Waals surface area (Å²) in [4.78, 5) is 4.35. The van der Waals surface area contributed by atoms with Gasteiger partial charge in [0.15, 0.2) is 0 Å². The maximum Gasteiger partial charge on any atom is 0.228 e. The molecule has 0 saturated carbocycles. The molecular formula is C14H19N3O3. The normalized spacial score (nSPS) is 12.3. The van der Waals surface area contributed by atoms with Gasteiger partial charge in [-0.2, -0.15) is 4.98 Å². The van der Waals surface area contributed by atoms with Crippen LogP contribution in [0.15, 0.2) is 28.8 Å². The van der Waals surface area contributed by atoms with Gasteiger partial charge < -0.3 is 19.7 Å². The van der Waals surface area contributed by atoms with Crippen molar-refractivity contribution in [2.45, 2.75) is 19.4 Å². The molecule has 0 spiro atoms. The lowest BCUT2D eigenvalue weighted by Crippen LogP contribution is -2.28. The molecule has 1 atom stereocenters. The average molecular weight is 277 g/mol. The van der Waals surface area contributed by atoms with Crippen LogP contribution >= 0.6 is 0 Å². The van der Waals surface area contributed by atoms with Crippen LogP contribution in [0.25, 0.3) is 11.4 Å². The summed E-state index contributed by atoms with van der Waals surface area (Å²) >= 11 is 0. The van der Waals surface area contributed by atoms with Crippen LogP contribution in [0.1, 0.15) is 12.8 Å². The number of hydrogen-bond acceptors (Lipinski definition) is 6. The van der Waals surface area contributed by atoms with Gasteiger partial charge in [0.1, 0.15) is 5.75 Å². The second kappa shape index (κ2) is 7.02. The summed E-state index contributed by atoms with van der Waals surface area (Å²) in [5.41, 5.74) is 6.67. The lowest BCUT2D eigenvalue weighted by atomic mass is 10.2. The quantitative estimate of drug-likeness (QED) is 0.828. The van der Waals surface area contributed by atoms with E-state index in [1.165, 1.54) is 0 Å². The summed E-state index contributed by atoms with van der Waals surface area (Å²) in [6.07, 6.45) is 0.484. The second-order valence-corrected chi connectivity index (χ2v) is 4.36. The van der Waals surface area contributed by atoms with E-state index in [9.17, 15) is 0 Å². The fourth-order valence-corrected chi connectivity index (χ4v) is 1.88. The highest BCUT2D eigenvalue weighted by molar-refractivity contribution is 5.63. The number of benzene rings is 1. The molecule has 0 aliphatic heterocycles. The van der Waals surface area contributed by atoms with E-state index >= 15 is 0 Å². The van der Waals surface area contributed by atoms with Crippen LogP contribution in [-0.4, -0.2) is 36.5 Å². The van der Waals surface area contributed by atoms with Crippen LogP contribution in [0.4, 0.5) is 0 Å². The van der Waals surface area contributed by atoms with Crippen molar-refractivity contribution in [3.63, 3.8) is 0 Å². The van der Waals surface area contributed by atoms with E-state index in [1.54, 1.807) is 7.11 Å². The first-order valence-corrected chi connectivity index (χ1v) is 6.54. The lowest BCUT2D eigenvalue weighted by Gasteiger charge is -2.06. The Bertz CT molecular complexity index is 542. The number of nitrogens with two attached hydrogens (primary N) is 1. The topological polar surface area (TPSA) is 83.4 Å². The van der Waals surface area contributed by atoms with Gasteiger partial charge in [-0.1, -0.05) is 17.3 Å². The van der Waals surface area contributed by atoms with Gasteiger partial charge in [0.2, 0.25) is 11.7 Å². The highest BCUT2D eigenvalue weighted by atomic mass is 16.5. The highest BCUT2D eigenvalue weighted by Gasteiger charge is 2.15. The van der Waals surface area contributed by atoms with Gasteiger partial charge in [-0.15, -0.1) is 0 Å². The largest absolute Gasteiger partial charge is 0.493 e. The number of para-hydroxylation sites is 1. The van der Waals surface area contributed by atoms with E-state index in [1.807, 2.05) is 31.2 Å². The minimum Gasteiger partial charge on any atom is -0.493 e. The molecule has 0 aliphatic rings. The summed E-state index contributed by atoms with van der Waals surface area (Å²) in [6.45, 7) is 2.97. The molecule has 0 aliphatic carbocycles. The molecule has 108 valence electrons. The SMILES string of the molecule is CCOc1ccccc1-c1noc(CC(N)COC)n1. The van der Waals surface area contributed by atoms with Crippen molar-refractivity contribution in [2.24, 2.45) is 5.73 Å². The Balaban J connectivity index is 2.16. The number of methoxy groups -OCH3 is 1. The summed E-state index contributed by atoms with van der Waals surface area (Å²) in [7, 11) is 1.61. The molecule has 0 amide bonds. The Labute approximate surface area is 117 Å². The molecular weight excluding hydrogens is 258 g/mol. The zero-order valence-electron chi connectivity index (χ0n) is 11.7. The minimum atomic E-state index is -0.157. The zero-order chi connectivity index (χ0) is 14.4. The molecule has 6 nitrogen and oxygen atoms in total. The van der Waals surface area contributed by atoms with E-state index in [0.717, 1.165) is 11.3 Å². The van der Waals surface area contributed by atoms with Crippen molar-refractivity contribution in [2.75, 3.05) is 20.3 Å². The minimum absolute atomic E-state index is 0.157. The molecule has 2 aromatic rings. The molecule has 1 heterocycles. The number of aromatic nitrogens is 2. The van der Waals surface area contributed by atoms with Gasteiger partial charge in [-0.05, 0) is 19.1 Å². The third kappa shape index (κ3) is 3.55. The summed E-state index contributed by atoms with van der Waals surface area (Å²) in [6, 6.07) is 7.44. The van der Waals surface area contributed by atoms with Crippen molar-refractivity contribution in [1.82, 2.24) is 10.1 Å². The first-order chi connectivity index (χ1) is 9.74. The fraction of sp³-hybridized carbons (Fsp3) is 0.429. The van der Waals surface area contributed by atoms with Crippen LogP contribution in [0.5, 0.6) is 5.75 Å². The Hall–Kier alpha value is -1.92. The summed E-state index contributed by atoms with van der Waals surface area (Å²) < 4.78 is 15.8. The van der Waals surface area contributed by atoms with Gasteiger partial charge in [0, 0.05) is 19.6 Å². The van der Waals surface area contributed by atoms with Gasteiger partial charge in [-0.3, -0.25) is 0 Å². The highest BCUT2D eigenvalue weighted by Crippen LogP contribution is 2.27. The molecule has 1 unspecified atom stereocenters. The van der Waals surface area contributed by atoms with Crippen molar-refractivity contribution >= 4 is 0 Å². The molecule has 2 N–H and O–H groups in total. The van der Waals surface area contributed by atoms with Gasteiger partial charge in [0.05, 0.1) is 18.8 Å². The molecule has 0 radical (unpaired) electrons. The molecule has 0 saturated heterocycles. The first-order valence-electron chi connectivity index (χ1n) is 6.54. The number of rotatable bonds is 7. The van der Waals surface area contributed by atoms with Crippen molar-refractivity contribution in [3.8, 4) is 17.1 Å². The number of ether oxygens (including phenoxy) is 2. The average Bonchev–Trinajstić information content (AvgIpc) is 2.88. The summed E-state index contributed by atoms with van der Waals surface area (Å²) in [5, 5.41) is 3.98. The van der Waals surface area contributed by atoms with Gasteiger partial charge in [-0.25, -0.2) is 0 Å². The van der Waals surface area contributed by atoms with Gasteiger partial charge >= 0.3 is 0 Å². The second-order valence-electron chi connectivity index (χ2n) is 4.36. The third-order valence-corrected chi connectivity index (χ3v) is 2.71. The van der Waals surface area contributed by atoms with E-state index in [4.69, 9.17) is 19.7 Å². The van der Waals surface area contributed by atoms with Crippen LogP contribution in [0.2, 0.25) is 0 Å². The molecule has 0 bridgehead atoms. The fourth-order valence-electron chi connectivity index (χ4n) is 1.88. The molecule has 6 heteroatoms. The van der Waals surface area contributed by atoms with Crippen molar-refractivity contribution < 1.29 is 14.0 Å². The number of nitrogens with zero attached hydrogens (tertiary/aromatic N) is 2. The number of hydrogen-bond donors (Lipinski definition) is 1. The van der Waals surface area contributed by atoms with E-state index in [0.29, 0.717) is 31.3 Å². The third-order valence-electron chi connectivity index (χ3n) is 2.71. The Morgan fingerprint density at radius 3 is 2.90 bits per heavy atom. The molecule has 1 aromatic heterocycles. The van der Waals surface area contributed by atoms with E-state index in [2.05, 4.69) is 10.1 Å². The van der Waals surface area contributed by atoms with Crippen LogP contribution in [0.3, 0.4) is 0 Å². The standard InChI is InChI=1S/C14H19N3O3/c1-3-19-12-7-5-4-6-11(12)14-16-13(20-17-14)8-10(15)9-18-2/h4-7,10H,3,8-9,15H2,1-2H3. The molecule has 2 rings (SSSR count). The molecule has 20 heavy (non-hydrogen) atoms.